The van der Waals surface area contributed by atoms with E-state index in [0.717, 1.165) is 19.4 Å². The third kappa shape index (κ3) is 4.73. The Balaban J connectivity index is 1.30. The Kier molecular flexibility index (Phi) is 6.90. The van der Waals surface area contributed by atoms with Crippen LogP contribution >= 0.6 is 0 Å². The first kappa shape index (κ1) is 26.3. The maximum absolute atomic E-state index is 11.6. The zero-order chi connectivity index (χ0) is 25.2. The highest BCUT2D eigenvalue weighted by molar-refractivity contribution is 6.74. The molecule has 0 radical (unpaired) electrons. The van der Waals surface area contributed by atoms with Gasteiger partial charge in [-0.2, -0.15) is 0 Å². The van der Waals surface area contributed by atoms with Crippen LogP contribution in [0.3, 0.4) is 0 Å². The number of nitrogens with zero attached hydrogens (tertiary/aromatic N) is 1. The van der Waals surface area contributed by atoms with E-state index in [1.165, 1.54) is 19.3 Å². The summed E-state index contributed by atoms with van der Waals surface area (Å²) in [6.45, 7) is 18.2. The number of ether oxygens (including phenoxy) is 3. The van der Waals surface area contributed by atoms with Gasteiger partial charge >= 0.3 is 0 Å². The lowest BCUT2D eigenvalue weighted by molar-refractivity contribution is -0.391. The number of hydrogen-bond donors (Lipinski definition) is 1. The molecule has 7 heteroatoms. The van der Waals surface area contributed by atoms with Crippen molar-refractivity contribution < 1.29 is 23.7 Å². The molecular weight excluding hydrogens is 458 g/mol. The maximum atomic E-state index is 11.6. The normalized spacial score (nSPS) is 43.6. The van der Waals surface area contributed by atoms with E-state index in [2.05, 4.69) is 64.8 Å². The number of rotatable bonds is 6. The molecule has 9 atom stereocenters. The first-order valence-corrected chi connectivity index (χ1v) is 17.0. The number of fused-ring (bicyclic) bond motifs is 2. The Morgan fingerprint density at radius 3 is 2.71 bits per heavy atom. The molecule has 6 nitrogen and oxygen atoms in total. The number of aliphatic hydroxyl groups is 1. The molecule has 200 valence electrons. The van der Waals surface area contributed by atoms with Crippen LogP contribution in [-0.4, -0.2) is 73.9 Å². The maximum Gasteiger partial charge on any atom is 0.286 e. The van der Waals surface area contributed by atoms with Crippen LogP contribution in [-0.2, 0) is 18.6 Å². The topological polar surface area (TPSA) is 60.4 Å². The minimum atomic E-state index is -1.86. The summed E-state index contributed by atoms with van der Waals surface area (Å²) in [5.74, 6) is -0.0180. The lowest BCUT2D eigenvalue weighted by Crippen LogP contribution is -2.53. The lowest BCUT2D eigenvalue weighted by atomic mass is 9.78. The van der Waals surface area contributed by atoms with Gasteiger partial charge in [-0.25, -0.2) is 0 Å². The van der Waals surface area contributed by atoms with E-state index in [1.807, 2.05) is 0 Å². The molecule has 4 saturated heterocycles. The molecule has 0 aromatic heterocycles. The Bertz CT molecular complexity index is 814. The largest absolute Gasteiger partial charge is 0.410 e. The third-order valence-corrected chi connectivity index (χ3v) is 14.6. The van der Waals surface area contributed by atoms with Crippen LogP contribution in [0.1, 0.15) is 73.1 Å². The summed E-state index contributed by atoms with van der Waals surface area (Å²) < 4.78 is 25.4. The first-order chi connectivity index (χ1) is 16.3. The fourth-order valence-electron chi connectivity index (χ4n) is 7.02. The molecule has 35 heavy (non-hydrogen) atoms. The summed E-state index contributed by atoms with van der Waals surface area (Å²) in [4.78, 5) is 2.66. The molecule has 0 spiro atoms. The van der Waals surface area contributed by atoms with Crippen LogP contribution in [0.4, 0.5) is 0 Å². The average molecular weight is 508 g/mol. The smallest absolute Gasteiger partial charge is 0.286 e. The zero-order valence-corrected chi connectivity index (χ0v) is 24.1. The third-order valence-electron chi connectivity index (χ3n) is 10.2. The summed E-state index contributed by atoms with van der Waals surface area (Å²) >= 11 is 0. The van der Waals surface area contributed by atoms with Crippen LogP contribution < -0.4 is 0 Å². The molecule has 0 amide bonds. The number of hydrogen-bond acceptors (Lipinski definition) is 6. The van der Waals surface area contributed by atoms with Crippen molar-refractivity contribution in [3.05, 3.63) is 12.2 Å². The van der Waals surface area contributed by atoms with Gasteiger partial charge in [0, 0.05) is 30.3 Å². The highest BCUT2D eigenvalue weighted by Gasteiger charge is 2.57. The second-order valence-electron chi connectivity index (χ2n) is 13.8. The molecule has 2 bridgehead atoms. The Morgan fingerprint density at radius 1 is 1.20 bits per heavy atom. The molecule has 0 aromatic rings. The van der Waals surface area contributed by atoms with Crippen LogP contribution in [0.5, 0.6) is 0 Å². The van der Waals surface area contributed by atoms with Crippen molar-refractivity contribution in [3.63, 3.8) is 0 Å². The molecule has 1 aliphatic carbocycles. The highest BCUT2D eigenvalue weighted by Crippen LogP contribution is 2.49. The molecule has 4 heterocycles. The predicted octanol–water partition coefficient (Wildman–Crippen LogP) is 5.07. The van der Waals surface area contributed by atoms with Crippen LogP contribution in [0.25, 0.3) is 0 Å². The van der Waals surface area contributed by atoms with Gasteiger partial charge in [0.2, 0.25) is 0 Å². The van der Waals surface area contributed by atoms with Gasteiger partial charge in [0.15, 0.2) is 8.32 Å². The van der Waals surface area contributed by atoms with Gasteiger partial charge in [0.05, 0.1) is 31.0 Å². The Morgan fingerprint density at radius 2 is 1.97 bits per heavy atom. The van der Waals surface area contributed by atoms with E-state index < -0.39 is 20.4 Å². The first-order valence-electron chi connectivity index (χ1n) is 14.1. The molecule has 5 aliphatic rings. The summed E-state index contributed by atoms with van der Waals surface area (Å²) in [6, 6.07) is 0.635. The molecule has 4 aliphatic heterocycles. The van der Waals surface area contributed by atoms with Gasteiger partial charge < -0.3 is 23.7 Å². The van der Waals surface area contributed by atoms with Crippen molar-refractivity contribution in [3.8, 4) is 0 Å². The minimum Gasteiger partial charge on any atom is -0.410 e. The van der Waals surface area contributed by atoms with Crippen molar-refractivity contribution in [1.82, 2.24) is 4.90 Å². The monoisotopic (exact) mass is 507 g/mol. The van der Waals surface area contributed by atoms with Crippen molar-refractivity contribution >= 4 is 8.32 Å². The quantitative estimate of drug-likeness (QED) is 0.400. The van der Waals surface area contributed by atoms with Crippen LogP contribution in [0.2, 0.25) is 18.1 Å². The van der Waals surface area contributed by atoms with Gasteiger partial charge in [0.25, 0.3) is 5.97 Å². The van der Waals surface area contributed by atoms with Gasteiger partial charge in [0.1, 0.15) is 0 Å². The number of aliphatic hydroxyl groups excluding tert-OH is 1. The van der Waals surface area contributed by atoms with E-state index in [4.69, 9.17) is 18.6 Å². The SMILES string of the molecule is C[C@@H](C[C@H](O)[C@@H]1C[C@@H]2C=C[C@@H](O[Si](C)(C)C(C)(C)C)[C@H]3CCCCN1[C@H]32)C12OCCC(C)(CO1)O2. The van der Waals surface area contributed by atoms with E-state index in [-0.39, 0.29) is 28.7 Å². The minimum absolute atomic E-state index is 0.0322. The van der Waals surface area contributed by atoms with Gasteiger partial charge in [-0.1, -0.05) is 46.3 Å². The highest BCUT2D eigenvalue weighted by atomic mass is 28.4. The van der Waals surface area contributed by atoms with E-state index in [0.29, 0.717) is 37.5 Å². The van der Waals surface area contributed by atoms with Crippen molar-refractivity contribution in [2.75, 3.05) is 19.8 Å². The van der Waals surface area contributed by atoms with Crippen LogP contribution in [0.15, 0.2) is 12.2 Å². The summed E-state index contributed by atoms with van der Waals surface area (Å²) in [7, 11) is -1.86. The molecule has 0 aromatic carbocycles. The van der Waals surface area contributed by atoms with E-state index in [9.17, 15) is 5.11 Å². The lowest BCUT2D eigenvalue weighted by Gasteiger charge is -2.45. The predicted molar refractivity (Wildman–Crippen MR) is 139 cm³/mol. The van der Waals surface area contributed by atoms with Gasteiger partial charge in [-0.3, -0.25) is 4.90 Å². The Hall–Kier alpha value is -0.283. The van der Waals surface area contributed by atoms with Crippen molar-refractivity contribution in [1.29, 1.82) is 0 Å². The molecule has 1 N–H and O–H groups in total. The van der Waals surface area contributed by atoms with Crippen molar-refractivity contribution in [2.45, 2.75) is 127 Å². The standard InChI is InChI=1S/C28H49NO5Si/c1-19(28-31-15-13-27(5,34-28)18-32-28)16-23(30)22-17-20-11-12-24(33-35(6,7)26(2,3)4)21-10-8-9-14-29(22)25(20)21/h11-12,19-25,30H,8-10,13-18H2,1-7H3/t19-,20-,21+,22-,23-,24+,25-,27?,28?/m0/s1. The van der Waals surface area contributed by atoms with Gasteiger partial charge in [-0.15, -0.1) is 0 Å². The van der Waals surface area contributed by atoms with E-state index in [1.54, 1.807) is 0 Å². The van der Waals surface area contributed by atoms with Crippen molar-refractivity contribution in [2.24, 2.45) is 17.8 Å². The summed E-state index contributed by atoms with van der Waals surface area (Å²) in [5.41, 5.74) is -0.262. The molecule has 2 unspecified atom stereocenters. The molecule has 5 rings (SSSR count). The Labute approximate surface area is 213 Å². The molecular formula is C28H49NO5Si. The zero-order valence-electron chi connectivity index (χ0n) is 23.1. The fraction of sp³-hybridized carbons (Fsp3) is 0.929. The molecule has 0 saturated carbocycles. The summed E-state index contributed by atoms with van der Waals surface area (Å²) in [6.07, 6.45) is 10.7. The molecule has 4 fully saturated rings. The summed E-state index contributed by atoms with van der Waals surface area (Å²) in [5, 5.41) is 11.8. The second kappa shape index (κ2) is 9.18. The van der Waals surface area contributed by atoms with Gasteiger partial charge in [-0.05, 0) is 63.2 Å². The average Bonchev–Trinajstić information content (AvgIpc) is 3.14. The second-order valence-corrected chi connectivity index (χ2v) is 18.6. The van der Waals surface area contributed by atoms with E-state index >= 15 is 0 Å². The fourth-order valence-corrected chi connectivity index (χ4v) is 8.31. The van der Waals surface area contributed by atoms with Crippen LogP contribution in [0, 0.1) is 17.8 Å².